The molecule has 144 valence electrons. The first-order valence-corrected chi connectivity index (χ1v) is 9.35. The van der Waals surface area contributed by atoms with Gasteiger partial charge in [0, 0.05) is 22.2 Å². The van der Waals surface area contributed by atoms with Crippen LogP contribution in [0.25, 0.3) is 0 Å². The zero-order valence-electron chi connectivity index (χ0n) is 13.9. The fourth-order valence-electron chi connectivity index (χ4n) is 2.56. The molecule has 1 aliphatic rings. The van der Waals surface area contributed by atoms with E-state index >= 15 is 0 Å². The molecule has 1 aliphatic carbocycles. The summed E-state index contributed by atoms with van der Waals surface area (Å²) in [5.41, 5.74) is -1.44. The van der Waals surface area contributed by atoms with Crippen molar-refractivity contribution in [2.24, 2.45) is 5.92 Å². The molecule has 0 bridgehead atoms. The summed E-state index contributed by atoms with van der Waals surface area (Å²) in [7, 11) is 0. The molecule has 5 nitrogen and oxygen atoms in total. The molecular weight excluding hydrogens is 449 g/mol. The molecule has 0 radical (unpaired) electrons. The number of nitrogens with one attached hydrogen (secondary N) is 2. The number of aromatic nitrogens is 2. The number of hydrogen-bond donors (Lipinski definition) is 2. The van der Waals surface area contributed by atoms with E-state index in [1.54, 1.807) is 18.2 Å². The van der Waals surface area contributed by atoms with Crippen molar-refractivity contribution in [2.75, 3.05) is 11.9 Å². The van der Waals surface area contributed by atoms with Crippen LogP contribution >= 0.6 is 27.5 Å². The van der Waals surface area contributed by atoms with E-state index in [0.29, 0.717) is 27.6 Å². The lowest BCUT2D eigenvalue weighted by Gasteiger charge is -2.25. The fourth-order valence-corrected chi connectivity index (χ4v) is 3.35. The van der Waals surface area contributed by atoms with Crippen molar-refractivity contribution in [1.29, 1.82) is 0 Å². The topological polar surface area (TPSA) is 66.9 Å². The van der Waals surface area contributed by atoms with Crippen LogP contribution in [-0.4, -0.2) is 22.4 Å². The van der Waals surface area contributed by atoms with Crippen molar-refractivity contribution in [3.63, 3.8) is 0 Å². The minimum absolute atomic E-state index is 0.277. The number of hydrogen-bond acceptors (Lipinski definition) is 4. The van der Waals surface area contributed by atoms with E-state index in [-0.39, 0.29) is 5.95 Å². The summed E-state index contributed by atoms with van der Waals surface area (Å²) < 4.78 is 40.8. The highest BCUT2D eigenvalue weighted by molar-refractivity contribution is 9.10. The third-order valence-corrected chi connectivity index (χ3v) is 5.15. The first-order valence-electron chi connectivity index (χ1n) is 8.18. The van der Waals surface area contributed by atoms with Crippen molar-refractivity contribution >= 4 is 45.1 Å². The van der Waals surface area contributed by atoms with Gasteiger partial charge in [0.15, 0.2) is 5.69 Å². The van der Waals surface area contributed by atoms with Crippen LogP contribution < -0.4 is 10.6 Å². The number of nitrogens with zero attached hydrogens (tertiary/aromatic N) is 2. The van der Waals surface area contributed by atoms with E-state index in [2.05, 4.69) is 36.5 Å². The first-order chi connectivity index (χ1) is 12.7. The van der Waals surface area contributed by atoms with Gasteiger partial charge in [-0.25, -0.2) is 9.97 Å². The predicted octanol–water partition coefficient (Wildman–Crippen LogP) is 5.18. The van der Waals surface area contributed by atoms with Crippen molar-refractivity contribution in [2.45, 2.75) is 25.4 Å². The molecule has 10 heteroatoms. The Bertz CT molecular complexity index is 859. The first kappa shape index (κ1) is 19.9. The average Bonchev–Trinajstić information content (AvgIpc) is 2.55. The van der Waals surface area contributed by atoms with Crippen molar-refractivity contribution < 1.29 is 18.0 Å². The summed E-state index contributed by atoms with van der Waals surface area (Å²) in [6, 6.07) is 4.72. The largest absolute Gasteiger partial charge is 0.434 e. The Hall–Kier alpha value is -1.87. The van der Waals surface area contributed by atoms with Crippen molar-refractivity contribution in [1.82, 2.24) is 15.3 Å². The van der Waals surface area contributed by atoms with Gasteiger partial charge in [0.1, 0.15) is 0 Å². The summed E-state index contributed by atoms with van der Waals surface area (Å²) >= 11 is 9.10. The maximum atomic E-state index is 13.4. The molecule has 2 aromatic rings. The van der Waals surface area contributed by atoms with Crippen LogP contribution in [0.2, 0.25) is 5.02 Å². The van der Waals surface area contributed by atoms with E-state index in [1.165, 1.54) is 0 Å². The Kier molecular flexibility index (Phi) is 5.90. The molecule has 1 aromatic carbocycles. The van der Waals surface area contributed by atoms with Gasteiger partial charge in [0.2, 0.25) is 5.95 Å². The van der Waals surface area contributed by atoms with E-state index in [9.17, 15) is 18.0 Å². The highest BCUT2D eigenvalue weighted by Crippen LogP contribution is 2.33. The fraction of sp³-hybridized carbons (Fsp3) is 0.353. The van der Waals surface area contributed by atoms with Crippen LogP contribution in [0.5, 0.6) is 0 Å². The second-order valence-corrected chi connectivity index (χ2v) is 7.50. The standard InChI is InChI=1S/C17H15BrClF3N4O/c18-12-6-10(19)4-5-13(12)25-16-24-8-11(14(26-16)17(20,21)22)15(27)23-7-9-2-1-3-9/h4-6,8-9H,1-3,7H2,(H,23,27)(H,24,25,26). The van der Waals surface area contributed by atoms with Crippen LogP contribution in [-0.2, 0) is 6.18 Å². The highest BCUT2D eigenvalue weighted by atomic mass is 79.9. The molecule has 0 atom stereocenters. The summed E-state index contributed by atoms with van der Waals surface area (Å²) in [5.74, 6) is -0.776. The van der Waals surface area contributed by atoms with Crippen LogP contribution in [0.15, 0.2) is 28.9 Å². The van der Waals surface area contributed by atoms with Crippen molar-refractivity contribution in [3.05, 3.63) is 45.1 Å². The van der Waals surface area contributed by atoms with Gasteiger partial charge in [-0.1, -0.05) is 18.0 Å². The van der Waals surface area contributed by atoms with Gasteiger partial charge in [0.25, 0.3) is 5.91 Å². The van der Waals surface area contributed by atoms with E-state index in [1.807, 2.05) is 0 Å². The lowest BCUT2D eigenvalue weighted by atomic mass is 9.85. The lowest BCUT2D eigenvalue weighted by Crippen LogP contribution is -2.33. The molecule has 1 saturated carbocycles. The Morgan fingerprint density at radius 1 is 1.33 bits per heavy atom. The monoisotopic (exact) mass is 462 g/mol. The molecule has 1 heterocycles. The Morgan fingerprint density at radius 2 is 2.07 bits per heavy atom. The van der Waals surface area contributed by atoms with Crippen LogP contribution in [0.4, 0.5) is 24.8 Å². The maximum absolute atomic E-state index is 13.4. The number of rotatable bonds is 5. The summed E-state index contributed by atoms with van der Waals surface area (Å²) in [6.07, 6.45) is -0.876. The lowest BCUT2D eigenvalue weighted by molar-refractivity contribution is -0.141. The van der Waals surface area contributed by atoms with Gasteiger partial charge in [0.05, 0.1) is 11.3 Å². The quantitative estimate of drug-likeness (QED) is 0.641. The zero-order valence-corrected chi connectivity index (χ0v) is 16.2. The molecule has 0 spiro atoms. The number of carbonyl (C=O) groups excluding carboxylic acids is 1. The van der Waals surface area contributed by atoms with Crippen molar-refractivity contribution in [3.8, 4) is 0 Å². The van der Waals surface area contributed by atoms with Gasteiger partial charge < -0.3 is 10.6 Å². The zero-order chi connectivity index (χ0) is 19.6. The van der Waals surface area contributed by atoms with Gasteiger partial charge in [-0.3, -0.25) is 4.79 Å². The third-order valence-electron chi connectivity index (χ3n) is 4.26. The maximum Gasteiger partial charge on any atom is 0.434 e. The number of anilines is 2. The molecule has 27 heavy (non-hydrogen) atoms. The molecule has 1 amide bonds. The van der Waals surface area contributed by atoms with Gasteiger partial charge in [-0.05, 0) is 52.9 Å². The third kappa shape index (κ3) is 4.90. The Labute approximate surface area is 166 Å². The Morgan fingerprint density at radius 3 is 2.67 bits per heavy atom. The minimum Gasteiger partial charge on any atom is -0.352 e. The number of carbonyl (C=O) groups is 1. The summed E-state index contributed by atoms with van der Waals surface area (Å²) in [5, 5.41) is 5.68. The molecule has 0 aliphatic heterocycles. The molecule has 3 rings (SSSR count). The Balaban J connectivity index is 1.83. The number of alkyl halides is 3. The summed E-state index contributed by atoms with van der Waals surface area (Å²) in [6.45, 7) is 0.355. The minimum atomic E-state index is -4.79. The predicted molar refractivity (Wildman–Crippen MR) is 99.1 cm³/mol. The van der Waals surface area contributed by atoms with E-state index in [4.69, 9.17) is 11.6 Å². The molecular formula is C17H15BrClF3N4O. The summed E-state index contributed by atoms with van der Waals surface area (Å²) in [4.78, 5) is 19.6. The second-order valence-electron chi connectivity index (χ2n) is 6.21. The van der Waals surface area contributed by atoms with E-state index in [0.717, 1.165) is 25.5 Å². The average molecular weight is 464 g/mol. The number of benzene rings is 1. The number of amides is 1. The normalized spacial score (nSPS) is 14.6. The van der Waals surface area contributed by atoms with Crippen LogP contribution in [0.3, 0.4) is 0 Å². The van der Waals surface area contributed by atoms with Crippen LogP contribution in [0.1, 0.15) is 35.3 Å². The van der Waals surface area contributed by atoms with E-state index < -0.39 is 23.3 Å². The van der Waals surface area contributed by atoms with Gasteiger partial charge >= 0.3 is 6.18 Å². The molecule has 0 unspecified atom stereocenters. The van der Waals surface area contributed by atoms with Gasteiger partial charge in [-0.15, -0.1) is 0 Å². The van der Waals surface area contributed by atoms with Gasteiger partial charge in [-0.2, -0.15) is 13.2 Å². The smallest absolute Gasteiger partial charge is 0.352 e. The molecule has 1 fully saturated rings. The molecule has 2 N–H and O–H groups in total. The SMILES string of the molecule is O=C(NCC1CCC1)c1cnc(Nc2ccc(Cl)cc2Br)nc1C(F)(F)F. The highest BCUT2D eigenvalue weighted by Gasteiger charge is 2.38. The molecule has 0 saturated heterocycles. The number of halogens is 5. The second kappa shape index (κ2) is 8.02. The van der Waals surface area contributed by atoms with Crippen LogP contribution in [0, 0.1) is 5.92 Å². The molecule has 1 aromatic heterocycles.